The Hall–Kier alpha value is -0.960. The molecule has 1 rings (SSSR count). The van der Waals surface area contributed by atoms with Gasteiger partial charge in [0.25, 0.3) is 5.91 Å². The normalized spacial score (nSPS) is 12.4. The highest BCUT2D eigenvalue weighted by Gasteiger charge is 2.05. The molecule has 3 nitrogen and oxygen atoms in total. The zero-order valence-electron chi connectivity index (χ0n) is 8.83. The van der Waals surface area contributed by atoms with Gasteiger partial charge in [-0.05, 0) is 24.8 Å². The molecule has 84 valence electrons. The van der Waals surface area contributed by atoms with Gasteiger partial charge in [-0.1, -0.05) is 6.92 Å². The lowest BCUT2D eigenvalue weighted by Gasteiger charge is -2.07. The van der Waals surface area contributed by atoms with Gasteiger partial charge in [0.05, 0.1) is 11.8 Å². The van der Waals surface area contributed by atoms with Crippen LogP contribution in [0.25, 0.3) is 0 Å². The Bertz CT molecular complexity index is 285. The van der Waals surface area contributed by atoms with E-state index in [1.165, 1.54) is 12.5 Å². The summed E-state index contributed by atoms with van der Waals surface area (Å²) >= 11 is 5.67. The molecule has 1 aromatic heterocycles. The van der Waals surface area contributed by atoms with Gasteiger partial charge < -0.3 is 9.73 Å². The van der Waals surface area contributed by atoms with E-state index in [4.69, 9.17) is 16.0 Å². The molecule has 0 spiro atoms. The van der Waals surface area contributed by atoms with E-state index in [-0.39, 0.29) is 5.91 Å². The molecule has 0 aliphatic rings. The minimum absolute atomic E-state index is 0.0812. The van der Waals surface area contributed by atoms with Crippen LogP contribution in [0, 0.1) is 5.92 Å². The fourth-order valence-electron chi connectivity index (χ4n) is 1.23. The predicted molar refractivity (Wildman–Crippen MR) is 60.2 cm³/mol. The number of nitrogens with one attached hydrogen (secondary N) is 1. The van der Waals surface area contributed by atoms with Crippen LogP contribution in [0.4, 0.5) is 0 Å². The first-order chi connectivity index (χ1) is 7.24. The van der Waals surface area contributed by atoms with Crippen LogP contribution in [-0.4, -0.2) is 18.3 Å². The number of halogens is 1. The second kappa shape index (κ2) is 6.51. The van der Waals surface area contributed by atoms with Crippen molar-refractivity contribution in [1.29, 1.82) is 0 Å². The quantitative estimate of drug-likeness (QED) is 0.602. The Balaban J connectivity index is 2.13. The van der Waals surface area contributed by atoms with Gasteiger partial charge in [-0.25, -0.2) is 0 Å². The molecule has 0 radical (unpaired) electrons. The minimum Gasteiger partial charge on any atom is -0.472 e. The van der Waals surface area contributed by atoms with E-state index in [9.17, 15) is 4.79 Å². The van der Waals surface area contributed by atoms with Gasteiger partial charge in [0.2, 0.25) is 0 Å². The molecule has 15 heavy (non-hydrogen) atoms. The van der Waals surface area contributed by atoms with Gasteiger partial charge in [0.15, 0.2) is 0 Å². The summed E-state index contributed by atoms with van der Waals surface area (Å²) in [6.45, 7) is 2.79. The summed E-state index contributed by atoms with van der Waals surface area (Å²) in [4.78, 5) is 11.4. The van der Waals surface area contributed by atoms with Crippen molar-refractivity contribution in [3.63, 3.8) is 0 Å². The van der Waals surface area contributed by atoms with Gasteiger partial charge in [0, 0.05) is 12.4 Å². The smallest absolute Gasteiger partial charge is 0.254 e. The van der Waals surface area contributed by atoms with Crippen molar-refractivity contribution < 1.29 is 9.21 Å². The van der Waals surface area contributed by atoms with Crippen molar-refractivity contribution in [2.75, 3.05) is 12.4 Å². The Morgan fingerprint density at radius 1 is 1.67 bits per heavy atom. The number of hydrogen-bond acceptors (Lipinski definition) is 2. The van der Waals surface area contributed by atoms with Gasteiger partial charge in [-0.15, -0.1) is 11.6 Å². The second-order valence-corrected chi connectivity index (χ2v) is 3.98. The average Bonchev–Trinajstić information content (AvgIpc) is 2.77. The van der Waals surface area contributed by atoms with Gasteiger partial charge in [-0.2, -0.15) is 0 Å². The van der Waals surface area contributed by atoms with Crippen LogP contribution in [0.1, 0.15) is 30.1 Å². The maximum Gasteiger partial charge on any atom is 0.254 e. The van der Waals surface area contributed by atoms with Crippen LogP contribution < -0.4 is 5.32 Å². The summed E-state index contributed by atoms with van der Waals surface area (Å²) in [6, 6.07) is 1.65. The molecule has 0 aliphatic heterocycles. The maximum absolute atomic E-state index is 11.4. The lowest BCUT2D eigenvalue weighted by Crippen LogP contribution is -2.24. The zero-order valence-corrected chi connectivity index (χ0v) is 9.59. The number of alkyl halides is 1. The first kappa shape index (κ1) is 12.1. The summed E-state index contributed by atoms with van der Waals surface area (Å²) in [5.41, 5.74) is 0.570. The topological polar surface area (TPSA) is 42.2 Å². The molecule has 1 aromatic rings. The first-order valence-electron chi connectivity index (χ1n) is 5.10. The molecule has 0 aromatic carbocycles. The summed E-state index contributed by atoms with van der Waals surface area (Å²) < 4.78 is 4.82. The molecular formula is C11H16ClNO2. The zero-order chi connectivity index (χ0) is 11.1. The number of hydrogen-bond donors (Lipinski definition) is 1. The van der Waals surface area contributed by atoms with Crippen molar-refractivity contribution in [2.24, 2.45) is 5.92 Å². The van der Waals surface area contributed by atoms with Crippen molar-refractivity contribution >= 4 is 17.5 Å². The van der Waals surface area contributed by atoms with E-state index in [0.29, 0.717) is 23.9 Å². The number of amides is 1. The lowest BCUT2D eigenvalue weighted by atomic mass is 10.1. The van der Waals surface area contributed by atoms with E-state index in [2.05, 4.69) is 12.2 Å². The molecule has 1 N–H and O–H groups in total. The Labute approximate surface area is 94.8 Å². The third-order valence-corrected chi connectivity index (χ3v) is 2.73. The van der Waals surface area contributed by atoms with Crippen molar-refractivity contribution in [1.82, 2.24) is 5.32 Å². The lowest BCUT2D eigenvalue weighted by molar-refractivity contribution is 0.0952. The third kappa shape index (κ3) is 4.38. The van der Waals surface area contributed by atoms with Crippen LogP contribution in [0.15, 0.2) is 23.0 Å². The number of rotatable bonds is 6. The second-order valence-electron chi connectivity index (χ2n) is 3.67. The van der Waals surface area contributed by atoms with E-state index >= 15 is 0 Å². The fourth-order valence-corrected chi connectivity index (χ4v) is 1.38. The Kier molecular flexibility index (Phi) is 5.26. The van der Waals surface area contributed by atoms with Crippen LogP contribution in [0.3, 0.4) is 0 Å². The van der Waals surface area contributed by atoms with Crippen molar-refractivity contribution in [3.05, 3.63) is 24.2 Å². The molecule has 1 atom stereocenters. The van der Waals surface area contributed by atoms with Gasteiger partial charge >= 0.3 is 0 Å². The maximum atomic E-state index is 11.4. The number of carbonyl (C=O) groups is 1. The summed E-state index contributed by atoms with van der Waals surface area (Å²) in [7, 11) is 0. The highest BCUT2D eigenvalue weighted by atomic mass is 35.5. The molecule has 1 unspecified atom stereocenters. The summed E-state index contributed by atoms with van der Waals surface area (Å²) in [5, 5.41) is 2.82. The van der Waals surface area contributed by atoms with E-state index in [1.54, 1.807) is 6.07 Å². The molecule has 1 heterocycles. The average molecular weight is 230 g/mol. The van der Waals surface area contributed by atoms with Crippen LogP contribution in [-0.2, 0) is 0 Å². The molecule has 0 saturated carbocycles. The summed E-state index contributed by atoms with van der Waals surface area (Å²) in [5.74, 6) is 1.11. The molecule has 0 fully saturated rings. The fraction of sp³-hybridized carbons (Fsp3) is 0.545. The standard InChI is InChI=1S/C11H16ClNO2/c1-9(7-12)3-2-5-13-11(14)10-4-6-15-8-10/h4,6,8-9H,2-3,5,7H2,1H3,(H,13,14). The minimum atomic E-state index is -0.0812. The van der Waals surface area contributed by atoms with Crippen molar-refractivity contribution in [2.45, 2.75) is 19.8 Å². The molecule has 4 heteroatoms. The van der Waals surface area contributed by atoms with Gasteiger partial charge in [0.1, 0.15) is 6.26 Å². The monoisotopic (exact) mass is 229 g/mol. The molecule has 0 aliphatic carbocycles. The summed E-state index contributed by atoms with van der Waals surface area (Å²) in [6.07, 6.45) is 4.92. The molecule has 1 amide bonds. The van der Waals surface area contributed by atoms with Gasteiger partial charge in [-0.3, -0.25) is 4.79 Å². The van der Waals surface area contributed by atoms with Crippen LogP contribution in [0.5, 0.6) is 0 Å². The number of carbonyl (C=O) groups excluding carboxylic acids is 1. The Morgan fingerprint density at radius 2 is 2.47 bits per heavy atom. The van der Waals surface area contributed by atoms with Crippen molar-refractivity contribution in [3.8, 4) is 0 Å². The first-order valence-corrected chi connectivity index (χ1v) is 5.64. The van der Waals surface area contributed by atoms with E-state index in [0.717, 1.165) is 12.8 Å². The third-order valence-electron chi connectivity index (χ3n) is 2.21. The molecule has 0 bridgehead atoms. The highest BCUT2D eigenvalue weighted by Crippen LogP contribution is 2.06. The SMILES string of the molecule is CC(CCl)CCCNC(=O)c1ccoc1. The Morgan fingerprint density at radius 3 is 3.07 bits per heavy atom. The predicted octanol–water partition coefficient (Wildman–Crippen LogP) is 2.66. The van der Waals surface area contributed by atoms with Crippen LogP contribution in [0.2, 0.25) is 0 Å². The number of furan rings is 1. The molecular weight excluding hydrogens is 214 g/mol. The van der Waals surface area contributed by atoms with E-state index in [1.807, 2.05) is 0 Å². The largest absolute Gasteiger partial charge is 0.472 e. The highest BCUT2D eigenvalue weighted by molar-refractivity contribution is 6.18. The van der Waals surface area contributed by atoms with E-state index < -0.39 is 0 Å². The molecule has 0 saturated heterocycles. The van der Waals surface area contributed by atoms with Crippen LogP contribution >= 0.6 is 11.6 Å².